The van der Waals surface area contributed by atoms with E-state index in [0.29, 0.717) is 99.2 Å². The largest absolute Gasteiger partial charge is 0.453 e. The highest BCUT2D eigenvalue weighted by atomic mass is 35.5. The minimum Gasteiger partial charge on any atom is -0.453 e. The average Bonchev–Trinajstić information content (AvgIpc) is 1.60. The van der Waals surface area contributed by atoms with Gasteiger partial charge in [0.1, 0.15) is 18.1 Å². The first-order valence-electron chi connectivity index (χ1n) is 41.0. The molecule has 0 spiro atoms. The molecule has 3 amide bonds. The molecular weight excluding hydrogens is 1760 g/mol. The summed E-state index contributed by atoms with van der Waals surface area (Å²) < 4.78 is 83.1. The van der Waals surface area contributed by atoms with Crippen LogP contribution in [0.1, 0.15) is 146 Å². The van der Waals surface area contributed by atoms with Crippen molar-refractivity contribution in [1.82, 2.24) is 50.3 Å². The number of hydrogen-bond donors (Lipinski definition) is 7. The number of H-pyrrole nitrogens is 5. The minimum absolute atomic E-state index is 0.0414. The number of amides is 3. The zero-order valence-electron chi connectivity index (χ0n) is 68.4. The highest BCUT2D eigenvalue weighted by Crippen LogP contribution is 2.46. The van der Waals surface area contributed by atoms with Gasteiger partial charge < -0.3 is 49.8 Å². The normalized spacial score (nSPS) is 16.9. The van der Waals surface area contributed by atoms with Gasteiger partial charge in [0.2, 0.25) is 0 Å². The van der Waals surface area contributed by atoms with Gasteiger partial charge in [0.25, 0.3) is 0 Å². The van der Waals surface area contributed by atoms with E-state index in [-0.39, 0.29) is 36.4 Å². The second-order valence-electron chi connectivity index (χ2n) is 31.6. The number of fused-ring (bicyclic) bond motifs is 15. The van der Waals surface area contributed by atoms with Crippen molar-refractivity contribution in [3.8, 4) is 6.07 Å². The van der Waals surface area contributed by atoms with Gasteiger partial charge in [-0.25, -0.2) is 23.2 Å². The number of halogens is 12. The average molecular weight is 1840 g/mol. The zero-order valence-corrected chi connectivity index (χ0v) is 73.6. The molecule has 0 radical (unpaired) electrons. The second-order valence-corrected chi connectivity index (χ2v) is 34.6. The standard InChI is InChI=1S/C22H23ClN2O2.C21H18ClN3O2.C20H16ClF3N2O2.C17H13Cl3N2.C17H13ClF2N2/c1-14(2)13-27-22(26)25-11-10-17-18-12-16(23)8-9-19(18)24-20(17)21(25)15-6-4-3-5-7-15;1-2-27-21(26)25-10-9-16-17-11-15(22)7-8-18(17)24-19(16)20(25)14-5-3-13(12-23)4-6-14;1-28-19(27)26-8-7-14-15-10-13(21)5-6-16(15)25-17(14)18(26)11-3-2-4-12(9-11)20(22,23)24;18-9-2-4-15-13(7-9)11-5-6-21-16(17(11)22-15)12-3-1-10(19)8-14(12)20;18-9-4-5-14-12(8-9)10-6-7-21-16(17(10)22-14)11-2-1-3-13(19)15(11)20/h3-9,12,14,21,24H,10-11,13H2,1-2H3;3-8,11,20,24H,2,9-10H2,1H3;2-6,9-10,18,25H,7-8H2,1H3;1-4,7-8,16,21-22H,5-6H2;1-5,8,16,21-22H,6-7H2. The molecule has 10 heterocycles. The fourth-order valence-electron chi connectivity index (χ4n) is 17.7. The number of hydrogen-bond acceptors (Lipinski definition) is 9. The predicted molar refractivity (Wildman–Crippen MR) is 488 cm³/mol. The summed E-state index contributed by atoms with van der Waals surface area (Å²) in [4.78, 5) is 59.9. The maximum Gasteiger partial charge on any atom is 0.416 e. The number of methoxy groups -OCH3 is 1. The Morgan fingerprint density at radius 3 is 1.26 bits per heavy atom. The zero-order chi connectivity index (χ0) is 88.5. The van der Waals surface area contributed by atoms with Gasteiger partial charge in [0, 0.05) is 156 Å². The first-order valence-corrected chi connectivity index (χ1v) is 43.7. The number of nitriles is 1. The summed E-state index contributed by atoms with van der Waals surface area (Å²) in [5.74, 6) is -1.32. The van der Waals surface area contributed by atoms with E-state index < -0.39 is 35.5 Å². The number of benzene rings is 10. The van der Waals surface area contributed by atoms with Crippen molar-refractivity contribution in [1.29, 1.82) is 5.26 Å². The van der Waals surface area contributed by atoms with Crippen LogP contribution in [-0.4, -0.2) is 111 Å². The molecule has 17 nitrogen and oxygen atoms in total. The lowest BCUT2D eigenvalue weighted by Gasteiger charge is -2.35. The van der Waals surface area contributed by atoms with Gasteiger partial charge >= 0.3 is 24.5 Å². The molecule has 29 heteroatoms. The van der Waals surface area contributed by atoms with Gasteiger partial charge in [-0.05, 0) is 228 Å². The molecule has 5 aliphatic rings. The molecule has 20 rings (SSSR count). The molecule has 0 fully saturated rings. The molecule has 646 valence electrons. The Labute approximate surface area is 757 Å². The lowest BCUT2D eigenvalue weighted by Crippen LogP contribution is -2.41. The Balaban J connectivity index is 0.000000116. The molecule has 7 N–H and O–H groups in total. The van der Waals surface area contributed by atoms with Gasteiger partial charge in [0.15, 0.2) is 11.6 Å². The summed E-state index contributed by atoms with van der Waals surface area (Å²) in [5.41, 5.74) is 19.0. The minimum atomic E-state index is -4.47. The first kappa shape index (κ1) is 88.2. The van der Waals surface area contributed by atoms with Crippen molar-refractivity contribution in [3.63, 3.8) is 0 Å². The van der Waals surface area contributed by atoms with Crippen LogP contribution in [0, 0.1) is 28.9 Å². The van der Waals surface area contributed by atoms with Crippen LogP contribution >= 0.6 is 81.2 Å². The monoisotopic (exact) mass is 1840 g/mol. The van der Waals surface area contributed by atoms with Crippen LogP contribution in [0.2, 0.25) is 35.2 Å². The smallest absolute Gasteiger partial charge is 0.416 e. The predicted octanol–water partition coefficient (Wildman–Crippen LogP) is 25.6. The Hall–Kier alpha value is -11.2. The van der Waals surface area contributed by atoms with Crippen molar-refractivity contribution >= 4 is 154 Å². The highest BCUT2D eigenvalue weighted by Gasteiger charge is 2.41. The van der Waals surface area contributed by atoms with Crippen LogP contribution in [0.4, 0.5) is 36.3 Å². The summed E-state index contributed by atoms with van der Waals surface area (Å²) in [7, 11) is 1.26. The molecule has 10 aromatic carbocycles. The summed E-state index contributed by atoms with van der Waals surface area (Å²) >= 11 is 43.2. The Morgan fingerprint density at radius 2 is 0.833 bits per heavy atom. The Morgan fingerprint density at radius 1 is 0.444 bits per heavy atom. The molecule has 0 aliphatic carbocycles. The van der Waals surface area contributed by atoms with Crippen molar-refractivity contribution in [3.05, 3.63) is 348 Å². The number of carbonyl (C=O) groups excluding carboxylic acids is 3. The van der Waals surface area contributed by atoms with Crippen molar-refractivity contribution < 1.29 is 50.5 Å². The summed E-state index contributed by atoms with van der Waals surface area (Å²) in [5, 5.41) is 26.0. The van der Waals surface area contributed by atoms with Crippen LogP contribution in [0.5, 0.6) is 0 Å². The van der Waals surface area contributed by atoms with Crippen LogP contribution < -0.4 is 10.6 Å². The van der Waals surface area contributed by atoms with E-state index in [1.54, 1.807) is 48.2 Å². The number of nitrogens with one attached hydrogen (secondary N) is 7. The van der Waals surface area contributed by atoms with E-state index in [1.807, 2.05) is 146 Å². The fourth-order valence-corrected chi connectivity index (χ4v) is 19.1. The second kappa shape index (κ2) is 37.8. The molecule has 5 aromatic heterocycles. The third-order valence-electron chi connectivity index (χ3n) is 23.3. The van der Waals surface area contributed by atoms with Gasteiger partial charge in [-0.1, -0.05) is 168 Å². The van der Waals surface area contributed by atoms with E-state index in [1.165, 1.54) is 46.2 Å². The Bertz CT molecular complexity index is 6670. The van der Waals surface area contributed by atoms with E-state index >= 15 is 0 Å². The van der Waals surface area contributed by atoms with Crippen LogP contribution in [0.25, 0.3) is 54.5 Å². The third-order valence-corrected chi connectivity index (χ3v) is 25.1. The molecule has 15 aromatic rings. The molecular formula is C97H83Cl7F5N11O6. The van der Waals surface area contributed by atoms with Crippen LogP contribution in [0.3, 0.4) is 0 Å². The Kier molecular flexibility index (Phi) is 26.5. The van der Waals surface area contributed by atoms with Crippen LogP contribution in [0.15, 0.2) is 206 Å². The molecule has 126 heavy (non-hydrogen) atoms. The lowest BCUT2D eigenvalue weighted by atomic mass is 9.92. The number of nitrogens with zero attached hydrogens (tertiary/aromatic N) is 4. The SMILES string of the molecule is CC(C)COC(=O)N1CCc2c([nH]c3ccc(Cl)cc23)C1c1ccccc1.CCOC(=O)N1CCc2c([nH]c3ccc(Cl)cc23)C1c1ccc(C#N)cc1.COC(=O)N1CCc2c([nH]c3ccc(Cl)cc23)C1c1cccc(C(F)(F)F)c1.Clc1ccc(C2NCCc3c2[nH]c2ccc(Cl)cc32)c(Cl)c1.Fc1cccc(C2NCCc3c2[nH]c2ccc(Cl)cc32)c1F. The lowest BCUT2D eigenvalue weighted by molar-refractivity contribution is -0.137. The van der Waals surface area contributed by atoms with E-state index in [4.69, 9.17) is 101 Å². The van der Waals surface area contributed by atoms with Gasteiger partial charge in [-0.2, -0.15) is 18.4 Å². The van der Waals surface area contributed by atoms with Gasteiger partial charge in [-0.15, -0.1) is 0 Å². The molecule has 5 aliphatic heterocycles. The van der Waals surface area contributed by atoms with Crippen molar-refractivity contribution in [2.45, 2.75) is 89.3 Å². The first-order chi connectivity index (χ1) is 60.7. The van der Waals surface area contributed by atoms with Gasteiger partial charge in [0.05, 0.1) is 49.6 Å². The maximum absolute atomic E-state index is 14.1. The number of rotatable bonds is 8. The number of ether oxygens (including phenoxy) is 3. The van der Waals surface area contributed by atoms with Crippen LogP contribution in [-0.2, 0) is 52.5 Å². The molecule has 0 bridgehead atoms. The van der Waals surface area contributed by atoms with E-state index in [0.717, 1.165) is 160 Å². The summed E-state index contributed by atoms with van der Waals surface area (Å²) in [6, 6.07) is 61.6. The number of aromatic amines is 5. The molecule has 0 saturated heterocycles. The number of alkyl halides is 3. The topological polar surface area (TPSA) is 215 Å². The quantitative estimate of drug-likeness (QED) is 0.0568. The number of aromatic nitrogens is 5. The third kappa shape index (κ3) is 18.3. The maximum atomic E-state index is 14.1. The highest BCUT2D eigenvalue weighted by molar-refractivity contribution is 6.35. The van der Waals surface area contributed by atoms with Crippen molar-refractivity contribution in [2.75, 3.05) is 53.0 Å². The van der Waals surface area contributed by atoms with Crippen molar-refractivity contribution in [2.24, 2.45) is 5.92 Å². The molecule has 5 atom stereocenters. The van der Waals surface area contributed by atoms with E-state index in [9.17, 15) is 36.3 Å². The summed E-state index contributed by atoms with van der Waals surface area (Å²) in [6.45, 7) is 9.71. The fraction of sp³-hybridized carbons (Fsp3) is 0.237. The molecule has 5 unspecified atom stereocenters. The van der Waals surface area contributed by atoms with Gasteiger partial charge in [-0.3, -0.25) is 14.7 Å². The number of carbonyl (C=O) groups is 3. The summed E-state index contributed by atoms with van der Waals surface area (Å²) in [6.07, 6.45) is -1.84. The molecule has 0 saturated carbocycles. The van der Waals surface area contributed by atoms with E-state index in [2.05, 4.69) is 53.8 Å².